The van der Waals surface area contributed by atoms with E-state index in [0.29, 0.717) is 12.5 Å². The van der Waals surface area contributed by atoms with Crippen molar-refractivity contribution in [2.75, 3.05) is 5.75 Å². The fourth-order valence-electron chi connectivity index (χ4n) is 1.42. The van der Waals surface area contributed by atoms with Gasteiger partial charge in [-0.25, -0.2) is 0 Å². The van der Waals surface area contributed by atoms with Gasteiger partial charge in [0, 0.05) is 18.2 Å². The van der Waals surface area contributed by atoms with Crippen molar-refractivity contribution in [2.45, 2.75) is 43.8 Å². The summed E-state index contributed by atoms with van der Waals surface area (Å²) in [5.74, 6) is 1.21. The second-order valence-corrected chi connectivity index (χ2v) is 4.97. The Kier molecular flexibility index (Phi) is 3.41. The Morgan fingerprint density at radius 2 is 2.47 bits per heavy atom. The molecule has 1 heterocycles. The molecule has 0 unspecified atom stereocenters. The lowest BCUT2D eigenvalue weighted by Crippen LogP contribution is -1.96. The summed E-state index contributed by atoms with van der Waals surface area (Å²) in [5.41, 5.74) is 0. The summed E-state index contributed by atoms with van der Waals surface area (Å²) in [5, 5.41) is 9.01. The van der Waals surface area contributed by atoms with E-state index in [2.05, 4.69) is 14.8 Å². The van der Waals surface area contributed by atoms with Gasteiger partial charge in [0.2, 0.25) is 0 Å². The number of hydrogen-bond donors (Lipinski definition) is 0. The van der Waals surface area contributed by atoms with Crippen LogP contribution in [0.2, 0.25) is 0 Å². The van der Waals surface area contributed by atoms with Crippen LogP contribution in [0.15, 0.2) is 11.5 Å². The average Bonchev–Trinajstić information content (AvgIpc) is 2.93. The van der Waals surface area contributed by atoms with E-state index in [-0.39, 0.29) is 5.78 Å². The number of thioether (sulfide) groups is 1. The van der Waals surface area contributed by atoms with Crippen LogP contribution in [0, 0.1) is 0 Å². The molecule has 0 N–H and O–H groups in total. The first-order valence-corrected chi connectivity index (χ1v) is 6.27. The first-order valence-electron chi connectivity index (χ1n) is 5.29. The third kappa shape index (κ3) is 3.06. The van der Waals surface area contributed by atoms with E-state index in [1.54, 1.807) is 18.7 Å². The summed E-state index contributed by atoms with van der Waals surface area (Å²) >= 11 is 1.70. The standard InChI is InChI=1S/C10H15N3OS/c1-8(14)3-2-6-15-10-12-11-7-13(10)9-4-5-9/h7,9H,2-6H2,1H3. The minimum absolute atomic E-state index is 0.263. The Bertz CT molecular complexity index is 346. The van der Waals surface area contributed by atoms with Crippen LogP contribution in [0.25, 0.3) is 0 Å². The number of Topliss-reactive ketones (excluding diaryl/α,β-unsaturated/α-hetero) is 1. The molecule has 0 aromatic carbocycles. The molecule has 82 valence electrons. The summed E-state index contributed by atoms with van der Waals surface area (Å²) in [6.45, 7) is 1.64. The molecule has 15 heavy (non-hydrogen) atoms. The lowest BCUT2D eigenvalue weighted by molar-refractivity contribution is -0.117. The predicted molar refractivity (Wildman–Crippen MR) is 58.9 cm³/mol. The maximum Gasteiger partial charge on any atom is 0.191 e. The molecule has 1 aliphatic carbocycles. The van der Waals surface area contributed by atoms with Crippen molar-refractivity contribution in [2.24, 2.45) is 0 Å². The number of carbonyl (C=O) groups is 1. The predicted octanol–water partition coefficient (Wildman–Crippen LogP) is 2.07. The molecule has 1 fully saturated rings. The van der Waals surface area contributed by atoms with Gasteiger partial charge < -0.3 is 9.36 Å². The lowest BCUT2D eigenvalue weighted by atomic mass is 10.3. The van der Waals surface area contributed by atoms with E-state index in [9.17, 15) is 4.79 Å². The molecule has 4 nitrogen and oxygen atoms in total. The van der Waals surface area contributed by atoms with E-state index in [1.807, 2.05) is 6.33 Å². The van der Waals surface area contributed by atoms with E-state index in [0.717, 1.165) is 17.3 Å². The second kappa shape index (κ2) is 4.79. The molecule has 1 aromatic heterocycles. The molecule has 0 bridgehead atoms. The number of rotatable bonds is 6. The zero-order valence-corrected chi connectivity index (χ0v) is 9.66. The smallest absolute Gasteiger partial charge is 0.191 e. The number of hydrogen-bond acceptors (Lipinski definition) is 4. The lowest BCUT2D eigenvalue weighted by Gasteiger charge is -2.02. The molecule has 1 aliphatic rings. The molecule has 0 spiro atoms. The Labute approximate surface area is 93.5 Å². The van der Waals surface area contributed by atoms with Crippen LogP contribution in [0.1, 0.15) is 38.6 Å². The molecule has 0 atom stereocenters. The van der Waals surface area contributed by atoms with Crippen molar-refractivity contribution in [1.82, 2.24) is 14.8 Å². The van der Waals surface area contributed by atoms with Crippen molar-refractivity contribution >= 4 is 17.5 Å². The van der Waals surface area contributed by atoms with Gasteiger partial charge in [0.1, 0.15) is 12.1 Å². The van der Waals surface area contributed by atoms with Crippen LogP contribution in [0.3, 0.4) is 0 Å². The summed E-state index contributed by atoms with van der Waals surface area (Å²) in [7, 11) is 0. The van der Waals surface area contributed by atoms with Crippen LogP contribution in [-0.2, 0) is 4.79 Å². The summed E-state index contributed by atoms with van der Waals surface area (Å²) in [4.78, 5) is 10.7. The minimum atomic E-state index is 0.263. The van der Waals surface area contributed by atoms with Crippen molar-refractivity contribution in [3.63, 3.8) is 0 Å². The molecule has 0 radical (unpaired) electrons. The molecule has 1 saturated carbocycles. The highest BCUT2D eigenvalue weighted by Gasteiger charge is 2.25. The van der Waals surface area contributed by atoms with Crippen molar-refractivity contribution in [3.8, 4) is 0 Å². The average molecular weight is 225 g/mol. The summed E-state index contributed by atoms with van der Waals surface area (Å²) < 4.78 is 2.15. The van der Waals surface area contributed by atoms with E-state index >= 15 is 0 Å². The fourth-order valence-corrected chi connectivity index (χ4v) is 2.34. The van der Waals surface area contributed by atoms with Gasteiger partial charge in [-0.05, 0) is 26.2 Å². The van der Waals surface area contributed by atoms with E-state index in [4.69, 9.17) is 0 Å². The molecule has 2 rings (SSSR count). The maximum atomic E-state index is 10.7. The van der Waals surface area contributed by atoms with E-state index < -0.39 is 0 Å². The first-order chi connectivity index (χ1) is 7.27. The Balaban J connectivity index is 1.77. The van der Waals surface area contributed by atoms with Gasteiger partial charge in [0.15, 0.2) is 5.16 Å². The number of ketones is 1. The van der Waals surface area contributed by atoms with Crippen molar-refractivity contribution < 1.29 is 4.79 Å². The highest BCUT2D eigenvalue weighted by Crippen LogP contribution is 2.37. The molecule has 0 amide bonds. The Hall–Kier alpha value is -0.840. The fraction of sp³-hybridized carbons (Fsp3) is 0.700. The van der Waals surface area contributed by atoms with Gasteiger partial charge in [-0.1, -0.05) is 11.8 Å². The monoisotopic (exact) mass is 225 g/mol. The topological polar surface area (TPSA) is 47.8 Å². The SMILES string of the molecule is CC(=O)CCCSc1nncn1C1CC1. The Morgan fingerprint density at radius 1 is 1.67 bits per heavy atom. The molecular weight excluding hydrogens is 210 g/mol. The second-order valence-electron chi connectivity index (χ2n) is 3.91. The highest BCUT2D eigenvalue weighted by molar-refractivity contribution is 7.99. The molecule has 5 heteroatoms. The van der Waals surface area contributed by atoms with E-state index in [1.165, 1.54) is 12.8 Å². The highest BCUT2D eigenvalue weighted by atomic mass is 32.2. The van der Waals surface area contributed by atoms with Crippen LogP contribution < -0.4 is 0 Å². The molecule has 1 aromatic rings. The summed E-state index contributed by atoms with van der Waals surface area (Å²) in [6.07, 6.45) is 5.91. The minimum Gasteiger partial charge on any atom is -0.306 e. The summed E-state index contributed by atoms with van der Waals surface area (Å²) in [6, 6.07) is 0.635. The maximum absolute atomic E-state index is 10.7. The molecule has 0 saturated heterocycles. The largest absolute Gasteiger partial charge is 0.306 e. The van der Waals surface area contributed by atoms with Gasteiger partial charge in [0.05, 0.1) is 0 Å². The third-order valence-electron chi connectivity index (χ3n) is 2.38. The van der Waals surface area contributed by atoms with Crippen molar-refractivity contribution in [3.05, 3.63) is 6.33 Å². The number of carbonyl (C=O) groups excluding carboxylic acids is 1. The zero-order chi connectivity index (χ0) is 10.7. The van der Waals surface area contributed by atoms with Crippen molar-refractivity contribution in [1.29, 1.82) is 0 Å². The van der Waals surface area contributed by atoms with Gasteiger partial charge in [-0.3, -0.25) is 0 Å². The van der Waals surface area contributed by atoms with Gasteiger partial charge in [-0.15, -0.1) is 10.2 Å². The van der Waals surface area contributed by atoms with Crippen LogP contribution in [-0.4, -0.2) is 26.3 Å². The van der Waals surface area contributed by atoms with Gasteiger partial charge in [-0.2, -0.15) is 0 Å². The van der Waals surface area contributed by atoms with Gasteiger partial charge in [0.25, 0.3) is 0 Å². The third-order valence-corrected chi connectivity index (χ3v) is 3.43. The van der Waals surface area contributed by atoms with Crippen LogP contribution in [0.4, 0.5) is 0 Å². The molecular formula is C10H15N3OS. The Morgan fingerprint density at radius 3 is 3.13 bits per heavy atom. The number of aromatic nitrogens is 3. The van der Waals surface area contributed by atoms with Crippen LogP contribution in [0.5, 0.6) is 0 Å². The van der Waals surface area contributed by atoms with Crippen LogP contribution >= 0.6 is 11.8 Å². The number of nitrogens with zero attached hydrogens (tertiary/aromatic N) is 3. The van der Waals surface area contributed by atoms with Gasteiger partial charge >= 0.3 is 0 Å². The molecule has 0 aliphatic heterocycles. The zero-order valence-electron chi connectivity index (χ0n) is 8.85. The quantitative estimate of drug-likeness (QED) is 0.549. The first kappa shape index (κ1) is 10.7. The normalized spacial score (nSPS) is 15.5.